The van der Waals surface area contributed by atoms with Crippen LogP contribution in [0.4, 0.5) is 11.6 Å². The molecule has 3 atom stereocenters. The lowest BCUT2D eigenvalue weighted by Gasteiger charge is -2.27. The summed E-state index contributed by atoms with van der Waals surface area (Å²) in [5.74, 6) is -0.626. The van der Waals surface area contributed by atoms with E-state index in [1.54, 1.807) is 24.5 Å². The predicted octanol–water partition coefficient (Wildman–Crippen LogP) is 3.86. The van der Waals surface area contributed by atoms with Crippen LogP contribution in [0.25, 0.3) is 11.1 Å². The molecule has 0 bridgehead atoms. The Morgan fingerprint density at radius 2 is 1.67 bits per heavy atom. The van der Waals surface area contributed by atoms with Crippen LogP contribution in [0, 0.1) is 0 Å². The van der Waals surface area contributed by atoms with Crippen LogP contribution in [0.3, 0.4) is 0 Å². The lowest BCUT2D eigenvalue weighted by atomic mass is 10.0. The predicted molar refractivity (Wildman–Crippen MR) is 170 cm³/mol. The van der Waals surface area contributed by atoms with Gasteiger partial charge in [-0.15, -0.1) is 0 Å². The zero-order chi connectivity index (χ0) is 32.2. The fourth-order valence-corrected chi connectivity index (χ4v) is 8.78. The number of aliphatic hydroxyl groups excluding tert-OH is 1. The van der Waals surface area contributed by atoms with Gasteiger partial charge in [0.05, 0.1) is 18.0 Å². The van der Waals surface area contributed by atoms with Crippen LogP contribution in [-0.2, 0) is 26.0 Å². The van der Waals surface area contributed by atoms with Crippen molar-refractivity contribution in [1.29, 1.82) is 0 Å². The van der Waals surface area contributed by atoms with Crippen molar-refractivity contribution in [3.63, 3.8) is 0 Å². The minimum absolute atomic E-state index is 0.106. The molecular weight excluding hydrogens is 653 g/mol. The number of aromatic nitrogens is 4. The number of hydrogen-bond acceptors (Lipinski definition) is 8. The summed E-state index contributed by atoms with van der Waals surface area (Å²) in [4.78, 5) is 43.0. The van der Waals surface area contributed by atoms with Crippen LogP contribution in [0.1, 0.15) is 30.9 Å². The number of fused-ring (bicyclic) bond motifs is 1. The molecule has 0 radical (unpaired) electrons. The zero-order valence-corrected chi connectivity index (χ0v) is 26.7. The molecule has 2 saturated heterocycles. The Kier molecular flexibility index (Phi) is 8.06. The second-order valence-corrected chi connectivity index (χ2v) is 14.3. The fourth-order valence-electron chi connectivity index (χ4n) is 6.49. The highest BCUT2D eigenvalue weighted by atomic mass is 35.5. The van der Waals surface area contributed by atoms with Gasteiger partial charge in [0.25, 0.3) is 15.9 Å². The first-order valence-electron chi connectivity index (χ1n) is 14.8. The summed E-state index contributed by atoms with van der Waals surface area (Å²) in [6, 6.07) is 10.3. The van der Waals surface area contributed by atoms with E-state index in [1.807, 2.05) is 24.3 Å². The van der Waals surface area contributed by atoms with Crippen LogP contribution in [0.15, 0.2) is 72.4 Å². The van der Waals surface area contributed by atoms with E-state index in [0.717, 1.165) is 16.7 Å². The number of aliphatic hydroxyl groups is 1. The van der Waals surface area contributed by atoms with Gasteiger partial charge in [0.1, 0.15) is 18.4 Å². The summed E-state index contributed by atoms with van der Waals surface area (Å²) in [6.45, 7) is 0.692. The summed E-state index contributed by atoms with van der Waals surface area (Å²) < 4.78 is 31.4. The third-order valence-electron chi connectivity index (χ3n) is 8.68. The number of halogens is 2. The summed E-state index contributed by atoms with van der Waals surface area (Å²) >= 11 is 12.6. The largest absolute Gasteiger partial charge is 0.391 e. The quantitative estimate of drug-likeness (QED) is 0.310. The lowest BCUT2D eigenvalue weighted by Crippen LogP contribution is -2.47. The van der Waals surface area contributed by atoms with E-state index in [9.17, 15) is 23.1 Å². The Hall–Kier alpha value is -3.88. The van der Waals surface area contributed by atoms with Crippen molar-refractivity contribution in [2.24, 2.45) is 0 Å². The smallest absolute Gasteiger partial charge is 0.261 e. The molecule has 15 heteroatoms. The van der Waals surface area contributed by atoms with Gasteiger partial charge in [0.15, 0.2) is 5.03 Å². The minimum Gasteiger partial charge on any atom is -0.391 e. The number of imidazole rings is 1. The van der Waals surface area contributed by atoms with Gasteiger partial charge in [0, 0.05) is 54.1 Å². The van der Waals surface area contributed by atoms with Crippen molar-refractivity contribution in [2.75, 3.05) is 24.5 Å². The maximum absolute atomic E-state index is 14.4. The molecule has 2 amide bonds. The van der Waals surface area contributed by atoms with Gasteiger partial charge < -0.3 is 10.0 Å². The number of hydrogen-bond donors (Lipinski definition) is 1. The van der Waals surface area contributed by atoms with Gasteiger partial charge in [-0.2, -0.15) is 4.31 Å². The number of rotatable bonds is 7. The second kappa shape index (κ2) is 12.0. The Morgan fingerprint density at radius 1 is 0.957 bits per heavy atom. The molecule has 12 nitrogen and oxygen atoms in total. The number of likely N-dealkylation sites (tertiary alicyclic amines) is 1. The maximum Gasteiger partial charge on any atom is 0.261 e. The Bertz CT molecular complexity index is 1900. The van der Waals surface area contributed by atoms with E-state index in [1.165, 1.54) is 37.3 Å². The Labute approximate surface area is 275 Å². The molecule has 1 unspecified atom stereocenters. The first kappa shape index (κ1) is 30.8. The van der Waals surface area contributed by atoms with Crippen molar-refractivity contribution < 1.29 is 23.1 Å². The van der Waals surface area contributed by atoms with Crippen molar-refractivity contribution >= 4 is 56.7 Å². The zero-order valence-electron chi connectivity index (χ0n) is 24.4. The Balaban J connectivity index is 1.27. The molecule has 238 valence electrons. The summed E-state index contributed by atoms with van der Waals surface area (Å²) in [6.07, 6.45) is 6.95. The monoisotopic (exact) mass is 681 g/mol. The molecule has 5 heterocycles. The van der Waals surface area contributed by atoms with Gasteiger partial charge in [0.2, 0.25) is 11.9 Å². The SMILES string of the molecule is O=C([C@@H]1CCCN1S(=O)(=O)c1cnc2n1[C@H](Cc1ccc(-c3cncnc3)cc1)C(=O)N2c1cc(Cl)cc(Cl)c1)N1CCC(O)C1. The van der Waals surface area contributed by atoms with Crippen LogP contribution >= 0.6 is 23.2 Å². The standard InChI is InChI=1S/C31H29Cl2N7O5S/c32-22-11-23(33)13-24(12-22)39-30(43)27(10-19-3-5-20(6-4-19)21-14-34-18-35-15-21)40-28(16-36-31(39)40)46(44,45)38-8-1-2-26(38)29(42)37-9-7-25(41)17-37/h3-6,11-16,18,25-27,41H,1-2,7-10,17H2/t25?,26-,27+/m0/s1. The molecule has 2 aromatic carbocycles. The molecular formula is C31H29Cl2N7O5S. The average Bonchev–Trinajstić information content (AvgIpc) is 3.83. The number of β-amino-alcohol motifs (C(OH)–C–C–N with tert-alkyl or cyclic N) is 1. The number of benzene rings is 2. The normalized spacial score (nSPS) is 21.7. The lowest BCUT2D eigenvalue weighted by molar-refractivity contribution is -0.133. The number of amides is 2. The third kappa shape index (κ3) is 5.45. The highest BCUT2D eigenvalue weighted by Crippen LogP contribution is 2.42. The van der Waals surface area contributed by atoms with Gasteiger partial charge >= 0.3 is 0 Å². The number of carbonyl (C=O) groups excluding carboxylic acids is 2. The molecule has 1 N–H and O–H groups in total. The van der Waals surface area contributed by atoms with Crippen LogP contribution in [0.5, 0.6) is 0 Å². The number of sulfonamides is 1. The highest BCUT2D eigenvalue weighted by molar-refractivity contribution is 7.89. The molecule has 7 rings (SSSR count). The Morgan fingerprint density at radius 3 is 2.35 bits per heavy atom. The first-order chi connectivity index (χ1) is 22.1. The molecule has 3 aliphatic rings. The topological polar surface area (TPSA) is 142 Å². The molecule has 2 fully saturated rings. The molecule has 3 aliphatic heterocycles. The van der Waals surface area contributed by atoms with E-state index in [0.29, 0.717) is 41.5 Å². The van der Waals surface area contributed by atoms with Crippen molar-refractivity contribution in [3.8, 4) is 11.1 Å². The maximum atomic E-state index is 14.4. The van der Waals surface area contributed by atoms with Crippen LogP contribution in [-0.4, -0.2) is 85.8 Å². The molecule has 0 spiro atoms. The molecule has 0 saturated carbocycles. The molecule has 46 heavy (non-hydrogen) atoms. The van der Waals surface area contributed by atoms with E-state index in [4.69, 9.17) is 23.2 Å². The highest BCUT2D eigenvalue weighted by Gasteiger charge is 2.48. The van der Waals surface area contributed by atoms with Gasteiger partial charge in [-0.25, -0.2) is 28.3 Å². The van der Waals surface area contributed by atoms with Gasteiger partial charge in [-0.1, -0.05) is 47.5 Å². The van der Waals surface area contributed by atoms with E-state index in [-0.39, 0.29) is 36.4 Å². The van der Waals surface area contributed by atoms with Crippen molar-refractivity contribution in [2.45, 2.75) is 48.9 Å². The molecule has 4 aromatic rings. The summed E-state index contributed by atoms with van der Waals surface area (Å²) in [5.41, 5.74) is 2.86. The fraction of sp³-hybridized carbons (Fsp3) is 0.323. The summed E-state index contributed by atoms with van der Waals surface area (Å²) in [7, 11) is -4.29. The second-order valence-electron chi connectivity index (χ2n) is 11.6. The van der Waals surface area contributed by atoms with Gasteiger partial charge in [-0.3, -0.25) is 14.2 Å². The minimum atomic E-state index is -4.29. The van der Waals surface area contributed by atoms with Crippen molar-refractivity contribution in [3.05, 3.63) is 83.0 Å². The molecule has 2 aromatic heterocycles. The van der Waals surface area contributed by atoms with E-state index < -0.39 is 34.1 Å². The first-order valence-corrected chi connectivity index (χ1v) is 17.0. The average molecular weight is 683 g/mol. The van der Waals surface area contributed by atoms with E-state index in [2.05, 4.69) is 15.0 Å². The van der Waals surface area contributed by atoms with E-state index >= 15 is 0 Å². The number of anilines is 2. The van der Waals surface area contributed by atoms with Gasteiger partial charge in [-0.05, 0) is 48.6 Å². The van der Waals surface area contributed by atoms with Crippen molar-refractivity contribution in [1.82, 2.24) is 28.7 Å². The summed E-state index contributed by atoms with van der Waals surface area (Å²) in [5, 5.41) is 10.4. The molecule has 0 aliphatic carbocycles. The number of carbonyl (C=O) groups is 2. The van der Waals surface area contributed by atoms with Crippen LogP contribution in [0.2, 0.25) is 10.0 Å². The van der Waals surface area contributed by atoms with Crippen LogP contribution < -0.4 is 4.90 Å². The third-order valence-corrected chi connectivity index (χ3v) is 11.0. The number of nitrogens with zero attached hydrogens (tertiary/aromatic N) is 7.